The van der Waals surface area contributed by atoms with Crippen molar-refractivity contribution in [2.24, 2.45) is 0 Å². The van der Waals surface area contributed by atoms with Crippen molar-refractivity contribution in [3.63, 3.8) is 0 Å². The summed E-state index contributed by atoms with van der Waals surface area (Å²) in [4.78, 5) is 10.6. The zero-order valence-corrected chi connectivity index (χ0v) is 11.2. The van der Waals surface area contributed by atoms with Crippen LogP contribution in [0.25, 0.3) is 0 Å². The van der Waals surface area contributed by atoms with Crippen LogP contribution in [0.5, 0.6) is 11.5 Å². The maximum absolute atomic E-state index is 11.1. The van der Waals surface area contributed by atoms with E-state index < -0.39 is 11.0 Å². The fourth-order valence-corrected chi connectivity index (χ4v) is 1.76. The van der Waals surface area contributed by atoms with Gasteiger partial charge in [0.15, 0.2) is 0 Å². The molecule has 0 aliphatic carbocycles. The zero-order valence-electron chi connectivity index (χ0n) is 11.2. The Bertz CT molecular complexity index is 620. The van der Waals surface area contributed by atoms with Crippen LogP contribution in [0.15, 0.2) is 42.5 Å². The van der Waals surface area contributed by atoms with Crippen molar-refractivity contribution in [2.75, 3.05) is 0 Å². The van der Waals surface area contributed by atoms with Gasteiger partial charge in [-0.2, -0.15) is 0 Å². The van der Waals surface area contributed by atoms with Crippen LogP contribution in [-0.2, 0) is 0 Å². The highest BCUT2D eigenvalue weighted by Crippen LogP contribution is 2.33. The van der Waals surface area contributed by atoms with Crippen LogP contribution in [0.3, 0.4) is 0 Å². The molecule has 2 aromatic rings. The third-order valence-corrected chi connectivity index (χ3v) is 2.91. The molecule has 2 aromatic carbocycles. The van der Waals surface area contributed by atoms with Crippen molar-refractivity contribution in [2.45, 2.75) is 20.0 Å². The van der Waals surface area contributed by atoms with E-state index >= 15 is 0 Å². The van der Waals surface area contributed by atoms with Crippen LogP contribution in [0.4, 0.5) is 5.69 Å². The first kappa shape index (κ1) is 14.0. The molecule has 2 rings (SSSR count). The van der Waals surface area contributed by atoms with Gasteiger partial charge < -0.3 is 9.84 Å². The lowest BCUT2D eigenvalue weighted by Crippen LogP contribution is -1.97. The molecule has 0 heterocycles. The maximum Gasteiger partial charge on any atom is 0.311 e. The molecule has 0 fully saturated rings. The van der Waals surface area contributed by atoms with Gasteiger partial charge in [0.25, 0.3) is 0 Å². The SMILES string of the molecule is Cc1ccc(Oc2ccc([C@@H](C)O)cc2[N+](=O)[O-])cc1. The zero-order chi connectivity index (χ0) is 14.7. The van der Waals surface area contributed by atoms with Gasteiger partial charge in [-0.15, -0.1) is 0 Å². The van der Waals surface area contributed by atoms with E-state index in [4.69, 9.17) is 4.74 Å². The Kier molecular flexibility index (Phi) is 4.00. The Morgan fingerprint density at radius 1 is 1.20 bits per heavy atom. The Labute approximate surface area is 116 Å². The highest BCUT2D eigenvalue weighted by Gasteiger charge is 2.18. The molecule has 0 aliphatic rings. The lowest BCUT2D eigenvalue weighted by Gasteiger charge is -2.09. The molecule has 0 radical (unpaired) electrons. The predicted octanol–water partition coefficient (Wildman–Crippen LogP) is 3.75. The summed E-state index contributed by atoms with van der Waals surface area (Å²) < 4.78 is 5.54. The van der Waals surface area contributed by atoms with Crippen LogP contribution in [0, 0.1) is 17.0 Å². The van der Waals surface area contributed by atoms with Crippen molar-refractivity contribution in [1.82, 2.24) is 0 Å². The van der Waals surface area contributed by atoms with Gasteiger partial charge in [0, 0.05) is 6.07 Å². The molecular weight excluding hydrogens is 258 g/mol. The lowest BCUT2D eigenvalue weighted by molar-refractivity contribution is -0.385. The monoisotopic (exact) mass is 273 g/mol. The van der Waals surface area contributed by atoms with E-state index in [0.717, 1.165) is 5.56 Å². The molecule has 5 heteroatoms. The summed E-state index contributed by atoms with van der Waals surface area (Å²) in [6, 6.07) is 11.7. The highest BCUT2D eigenvalue weighted by atomic mass is 16.6. The van der Waals surface area contributed by atoms with E-state index in [-0.39, 0.29) is 11.4 Å². The van der Waals surface area contributed by atoms with Gasteiger partial charge in [0.2, 0.25) is 5.75 Å². The second kappa shape index (κ2) is 5.71. The van der Waals surface area contributed by atoms with E-state index in [9.17, 15) is 15.2 Å². The largest absolute Gasteiger partial charge is 0.450 e. The quantitative estimate of drug-likeness (QED) is 0.680. The average Bonchev–Trinajstić information content (AvgIpc) is 2.41. The standard InChI is InChI=1S/C15H15NO4/c1-10-3-6-13(7-4-10)20-15-8-5-12(11(2)17)9-14(15)16(18)19/h3-9,11,17H,1-2H3/t11-/m1/s1. The number of aliphatic hydroxyl groups excluding tert-OH is 1. The molecule has 0 saturated heterocycles. The first-order valence-corrected chi connectivity index (χ1v) is 6.18. The van der Waals surface area contributed by atoms with E-state index in [2.05, 4.69) is 0 Å². The van der Waals surface area contributed by atoms with Crippen molar-refractivity contribution in [3.8, 4) is 11.5 Å². The molecule has 0 saturated carbocycles. The minimum absolute atomic E-state index is 0.156. The van der Waals surface area contributed by atoms with Crippen LogP contribution in [0.1, 0.15) is 24.2 Å². The van der Waals surface area contributed by atoms with E-state index in [1.807, 2.05) is 19.1 Å². The number of nitro groups is 1. The molecule has 1 atom stereocenters. The molecule has 0 spiro atoms. The topological polar surface area (TPSA) is 72.6 Å². The molecule has 20 heavy (non-hydrogen) atoms. The maximum atomic E-state index is 11.1. The first-order valence-electron chi connectivity index (χ1n) is 6.18. The Morgan fingerprint density at radius 2 is 1.85 bits per heavy atom. The molecular formula is C15H15NO4. The number of aliphatic hydroxyl groups is 1. The van der Waals surface area contributed by atoms with Crippen LogP contribution < -0.4 is 4.74 Å². The minimum Gasteiger partial charge on any atom is -0.450 e. The van der Waals surface area contributed by atoms with Crippen molar-refractivity contribution in [3.05, 3.63) is 63.7 Å². The van der Waals surface area contributed by atoms with Gasteiger partial charge >= 0.3 is 5.69 Å². The number of hydrogen-bond donors (Lipinski definition) is 1. The van der Waals surface area contributed by atoms with Crippen molar-refractivity contribution in [1.29, 1.82) is 0 Å². The van der Waals surface area contributed by atoms with Gasteiger partial charge in [-0.05, 0) is 37.6 Å². The molecule has 0 amide bonds. The Balaban J connectivity index is 2.35. The smallest absolute Gasteiger partial charge is 0.311 e. The number of aryl methyl sites for hydroxylation is 1. The molecule has 0 unspecified atom stereocenters. The molecule has 0 aliphatic heterocycles. The number of benzene rings is 2. The van der Waals surface area contributed by atoms with E-state index in [0.29, 0.717) is 11.3 Å². The number of nitro benzene ring substituents is 1. The summed E-state index contributed by atoms with van der Waals surface area (Å²) in [6.07, 6.45) is -0.762. The van der Waals surface area contributed by atoms with Gasteiger partial charge in [0.1, 0.15) is 5.75 Å². The number of rotatable bonds is 4. The van der Waals surface area contributed by atoms with Crippen LogP contribution in [-0.4, -0.2) is 10.0 Å². The summed E-state index contributed by atoms with van der Waals surface area (Å²) in [5.74, 6) is 0.687. The number of hydrogen-bond acceptors (Lipinski definition) is 4. The Hall–Kier alpha value is -2.40. The second-order valence-corrected chi connectivity index (χ2v) is 4.58. The van der Waals surface area contributed by atoms with Gasteiger partial charge in [0.05, 0.1) is 11.0 Å². The predicted molar refractivity (Wildman–Crippen MR) is 75.0 cm³/mol. The molecule has 104 valence electrons. The normalized spacial score (nSPS) is 11.9. The third kappa shape index (κ3) is 3.13. The summed E-state index contributed by atoms with van der Waals surface area (Å²) in [7, 11) is 0. The van der Waals surface area contributed by atoms with Crippen molar-refractivity contribution >= 4 is 5.69 Å². The summed E-state index contributed by atoms with van der Waals surface area (Å²) in [6.45, 7) is 3.50. The average molecular weight is 273 g/mol. The fourth-order valence-electron chi connectivity index (χ4n) is 1.76. The highest BCUT2D eigenvalue weighted by molar-refractivity contribution is 5.51. The van der Waals surface area contributed by atoms with Crippen LogP contribution >= 0.6 is 0 Å². The summed E-state index contributed by atoms with van der Waals surface area (Å²) in [5, 5.41) is 20.6. The fraction of sp³-hybridized carbons (Fsp3) is 0.200. The molecule has 0 bridgehead atoms. The lowest BCUT2D eigenvalue weighted by atomic mass is 10.1. The van der Waals surface area contributed by atoms with Gasteiger partial charge in [-0.25, -0.2) is 0 Å². The summed E-state index contributed by atoms with van der Waals surface area (Å²) in [5.41, 5.74) is 1.40. The van der Waals surface area contributed by atoms with Gasteiger partial charge in [-0.3, -0.25) is 10.1 Å². The van der Waals surface area contributed by atoms with E-state index in [1.54, 1.807) is 25.1 Å². The van der Waals surface area contributed by atoms with E-state index in [1.165, 1.54) is 12.1 Å². The molecule has 0 aromatic heterocycles. The summed E-state index contributed by atoms with van der Waals surface area (Å²) >= 11 is 0. The number of nitrogens with zero attached hydrogens (tertiary/aromatic N) is 1. The number of ether oxygens (including phenoxy) is 1. The first-order chi connectivity index (χ1) is 9.47. The molecule has 5 nitrogen and oxygen atoms in total. The Morgan fingerprint density at radius 3 is 2.40 bits per heavy atom. The second-order valence-electron chi connectivity index (χ2n) is 4.58. The van der Waals surface area contributed by atoms with Crippen LogP contribution in [0.2, 0.25) is 0 Å². The molecule has 1 N–H and O–H groups in total. The van der Waals surface area contributed by atoms with Crippen molar-refractivity contribution < 1.29 is 14.8 Å². The van der Waals surface area contributed by atoms with Gasteiger partial charge in [-0.1, -0.05) is 23.8 Å². The third-order valence-electron chi connectivity index (χ3n) is 2.91. The minimum atomic E-state index is -0.762.